The Kier molecular flexibility index (Phi) is 7.20. The Morgan fingerprint density at radius 2 is 1.77 bits per heavy atom. The monoisotopic (exact) mass is 452 g/mol. The summed E-state index contributed by atoms with van der Waals surface area (Å²) in [6, 6.07) is 3.34. The van der Waals surface area contributed by atoms with Gasteiger partial charge in [0.1, 0.15) is 5.56 Å². The van der Waals surface area contributed by atoms with Gasteiger partial charge in [-0.3, -0.25) is 4.79 Å². The number of halogens is 1. The van der Waals surface area contributed by atoms with Crippen LogP contribution in [0.5, 0.6) is 5.88 Å². The largest absolute Gasteiger partial charge is 0.361 e. The smallest absolute Gasteiger partial charge is 0.310 e. The number of carbonyl (C=O) groups is 1. The van der Waals surface area contributed by atoms with Crippen molar-refractivity contribution in [1.82, 2.24) is 9.78 Å². The predicted octanol–water partition coefficient (Wildman–Crippen LogP) is 5.10. The average molecular weight is 453 g/mol. The molecule has 0 N–H and O–H groups in total. The minimum absolute atomic E-state index is 0.0759. The van der Waals surface area contributed by atoms with Crippen molar-refractivity contribution in [2.24, 2.45) is 13.0 Å². The van der Waals surface area contributed by atoms with E-state index in [1.54, 1.807) is 40.0 Å². The molecule has 0 aliphatic carbocycles. The van der Waals surface area contributed by atoms with Gasteiger partial charge in [0.15, 0.2) is 0 Å². The second kappa shape index (κ2) is 8.94. The number of hydrogen-bond acceptors (Lipinski definition) is 5. The van der Waals surface area contributed by atoms with Crippen LogP contribution < -0.4 is 4.18 Å². The van der Waals surface area contributed by atoms with Gasteiger partial charge in [0.25, 0.3) is 0 Å². The van der Waals surface area contributed by atoms with E-state index in [2.05, 4.69) is 5.10 Å². The number of rotatable bonds is 7. The maximum atomic E-state index is 13.5. The highest BCUT2D eigenvalue weighted by atomic mass is 35.5. The number of benzene rings is 1. The molecule has 0 unspecified atom stereocenters. The van der Waals surface area contributed by atoms with Crippen molar-refractivity contribution >= 4 is 33.1 Å². The molecule has 0 radical (unpaired) electrons. The minimum atomic E-state index is -3.87. The quantitative estimate of drug-likeness (QED) is 0.431. The van der Waals surface area contributed by atoms with Gasteiger partial charge in [-0.25, -0.2) is 4.68 Å². The van der Waals surface area contributed by atoms with E-state index in [0.717, 1.165) is 22.3 Å². The molecule has 164 valence electrons. The lowest BCUT2D eigenvalue weighted by molar-refractivity contribution is 0.103. The van der Waals surface area contributed by atoms with E-state index in [1.165, 1.54) is 4.68 Å². The summed E-state index contributed by atoms with van der Waals surface area (Å²) in [7, 11) is -2.32. The molecule has 0 saturated carbocycles. The fourth-order valence-corrected chi connectivity index (χ4v) is 4.99. The molecule has 6 nitrogen and oxygen atoms in total. The maximum absolute atomic E-state index is 13.5. The molecular formula is C22H29ClN2O4S. The van der Waals surface area contributed by atoms with Crippen molar-refractivity contribution in [3.8, 4) is 5.88 Å². The number of allylic oxidation sites excluding steroid dienone is 2. The Balaban J connectivity index is 2.64. The van der Waals surface area contributed by atoms with Crippen LogP contribution in [0.2, 0.25) is 5.02 Å². The predicted molar refractivity (Wildman–Crippen MR) is 121 cm³/mol. The van der Waals surface area contributed by atoms with E-state index >= 15 is 0 Å². The molecular weight excluding hydrogens is 424 g/mol. The van der Waals surface area contributed by atoms with E-state index in [1.807, 2.05) is 27.7 Å². The van der Waals surface area contributed by atoms with Crippen LogP contribution in [0.4, 0.5) is 0 Å². The molecule has 8 heteroatoms. The summed E-state index contributed by atoms with van der Waals surface area (Å²) >= 11 is 6.43. The highest BCUT2D eigenvalue weighted by molar-refractivity contribution is 7.87. The molecule has 30 heavy (non-hydrogen) atoms. The first-order valence-corrected chi connectivity index (χ1v) is 11.7. The Morgan fingerprint density at radius 1 is 1.17 bits per heavy atom. The fourth-order valence-electron chi connectivity index (χ4n) is 3.33. The first-order valence-electron chi connectivity index (χ1n) is 9.70. The molecule has 0 aliphatic rings. The highest BCUT2D eigenvalue weighted by Gasteiger charge is 2.29. The lowest BCUT2D eigenvalue weighted by Crippen LogP contribution is -2.20. The van der Waals surface area contributed by atoms with Crippen molar-refractivity contribution in [1.29, 1.82) is 0 Å². The van der Waals surface area contributed by atoms with E-state index in [-0.39, 0.29) is 28.9 Å². The third-order valence-electron chi connectivity index (χ3n) is 4.92. The van der Waals surface area contributed by atoms with Gasteiger partial charge in [0, 0.05) is 17.6 Å². The zero-order chi connectivity index (χ0) is 23.0. The second-order valence-corrected chi connectivity index (χ2v) is 10.2. The topological polar surface area (TPSA) is 78.3 Å². The van der Waals surface area contributed by atoms with Gasteiger partial charge in [0.05, 0.1) is 11.4 Å². The summed E-state index contributed by atoms with van der Waals surface area (Å²) in [5, 5.41) is 4.78. The Labute approximate surface area is 184 Å². The average Bonchev–Trinajstić information content (AvgIpc) is 2.85. The molecule has 0 fully saturated rings. The molecule has 2 rings (SSSR count). The van der Waals surface area contributed by atoms with E-state index in [0.29, 0.717) is 16.3 Å². The molecule has 0 amide bonds. The van der Waals surface area contributed by atoms with Crippen molar-refractivity contribution < 1.29 is 17.4 Å². The molecule has 0 atom stereocenters. The van der Waals surface area contributed by atoms with Crippen molar-refractivity contribution in [3.63, 3.8) is 0 Å². The van der Waals surface area contributed by atoms with Gasteiger partial charge in [-0.05, 0) is 69.4 Å². The molecule has 2 aromatic rings. The summed E-state index contributed by atoms with van der Waals surface area (Å²) < 4.78 is 31.4. The van der Waals surface area contributed by atoms with Crippen LogP contribution in [0, 0.1) is 19.8 Å². The molecule has 1 heterocycles. The van der Waals surface area contributed by atoms with Crippen LogP contribution >= 0.6 is 11.6 Å². The maximum Gasteiger partial charge on any atom is 0.310 e. The van der Waals surface area contributed by atoms with Crippen LogP contribution in [0.3, 0.4) is 0 Å². The molecule has 0 spiro atoms. The highest BCUT2D eigenvalue weighted by Crippen LogP contribution is 2.34. The zero-order valence-corrected chi connectivity index (χ0v) is 20.3. The minimum Gasteiger partial charge on any atom is -0.361 e. The Bertz CT molecular complexity index is 1120. The van der Waals surface area contributed by atoms with Crippen molar-refractivity contribution in [3.05, 3.63) is 50.7 Å². The zero-order valence-electron chi connectivity index (χ0n) is 18.8. The van der Waals surface area contributed by atoms with Gasteiger partial charge in [0.2, 0.25) is 11.7 Å². The number of carbonyl (C=O) groups excluding carboxylic acids is 1. The van der Waals surface area contributed by atoms with Gasteiger partial charge in [-0.2, -0.15) is 13.5 Å². The third kappa shape index (κ3) is 4.95. The van der Waals surface area contributed by atoms with Gasteiger partial charge >= 0.3 is 10.1 Å². The summed E-state index contributed by atoms with van der Waals surface area (Å²) in [4.78, 5) is 13.5. The van der Waals surface area contributed by atoms with Crippen molar-refractivity contribution in [2.45, 2.75) is 48.5 Å². The molecule has 1 aromatic carbocycles. The first-order chi connectivity index (χ1) is 13.8. The van der Waals surface area contributed by atoms with Crippen LogP contribution in [-0.2, 0) is 17.2 Å². The van der Waals surface area contributed by atoms with Crippen LogP contribution in [-0.4, -0.2) is 29.7 Å². The fraction of sp³-hybridized carbons (Fsp3) is 0.455. The SMILES string of the molecule is CC(C)=C(C)c1c(Cl)ccc(C(=O)c2c(C)nn(C)c2OS(=O)(=O)CC(C)C)c1C. The number of nitrogens with zero attached hydrogens (tertiary/aromatic N) is 2. The lowest BCUT2D eigenvalue weighted by Gasteiger charge is -2.15. The number of hydrogen-bond donors (Lipinski definition) is 0. The summed E-state index contributed by atoms with van der Waals surface area (Å²) in [5.41, 5.74) is 4.57. The van der Waals surface area contributed by atoms with Crippen molar-refractivity contribution in [2.75, 3.05) is 5.75 Å². The second-order valence-electron chi connectivity index (χ2n) is 8.14. The van der Waals surface area contributed by atoms with Crippen LogP contribution in [0.15, 0.2) is 17.7 Å². The standard InChI is InChI=1S/C22H29ClN2O4S/c1-12(2)11-30(27,28)29-22-20(16(7)24-25(22)8)21(26)17-9-10-18(23)19(15(17)6)14(5)13(3)4/h9-10,12H,11H2,1-8H3. The lowest BCUT2D eigenvalue weighted by atomic mass is 9.91. The molecule has 1 aromatic heterocycles. The number of aryl methyl sites for hydroxylation is 2. The summed E-state index contributed by atoms with van der Waals surface area (Å²) in [6.45, 7) is 13.0. The molecule has 0 bridgehead atoms. The number of ketones is 1. The van der Waals surface area contributed by atoms with Gasteiger partial charge < -0.3 is 4.18 Å². The normalized spacial score (nSPS) is 11.7. The molecule has 0 saturated heterocycles. The Hall–Kier alpha value is -2.12. The van der Waals surface area contributed by atoms with E-state index < -0.39 is 10.1 Å². The molecule has 0 aliphatic heterocycles. The van der Waals surface area contributed by atoms with Gasteiger partial charge in [-0.15, -0.1) is 0 Å². The van der Waals surface area contributed by atoms with Gasteiger partial charge in [-0.1, -0.05) is 31.0 Å². The third-order valence-corrected chi connectivity index (χ3v) is 6.73. The summed E-state index contributed by atoms with van der Waals surface area (Å²) in [5.74, 6) is -0.703. The van der Waals surface area contributed by atoms with Crippen LogP contribution in [0.25, 0.3) is 5.57 Å². The number of aromatic nitrogens is 2. The van der Waals surface area contributed by atoms with Crippen LogP contribution in [0.1, 0.15) is 67.4 Å². The summed E-state index contributed by atoms with van der Waals surface area (Å²) in [6.07, 6.45) is 0. The van der Waals surface area contributed by atoms with E-state index in [9.17, 15) is 13.2 Å². The van der Waals surface area contributed by atoms with E-state index in [4.69, 9.17) is 15.8 Å². The Morgan fingerprint density at radius 3 is 2.30 bits per heavy atom. The first kappa shape index (κ1) is 24.2.